The number of rotatable bonds is 6. The number of thiophene rings is 1. The minimum absolute atomic E-state index is 0.00903. The molecule has 0 atom stereocenters. The third-order valence-corrected chi connectivity index (χ3v) is 8.56. The average Bonchev–Trinajstić information content (AvgIpc) is 3.14. The van der Waals surface area contributed by atoms with Crippen LogP contribution in [0.4, 0.5) is 5.69 Å². The first kappa shape index (κ1) is 19.6. The van der Waals surface area contributed by atoms with Gasteiger partial charge in [0.15, 0.2) is 4.21 Å². The highest BCUT2D eigenvalue weighted by Gasteiger charge is 2.29. The highest BCUT2D eigenvalue weighted by molar-refractivity contribution is 7.96. The van der Waals surface area contributed by atoms with Crippen LogP contribution in [0.5, 0.6) is 0 Å². The number of sulfone groups is 1. The van der Waals surface area contributed by atoms with Gasteiger partial charge in [0.1, 0.15) is 4.90 Å². The minimum Gasteiger partial charge on any atom is -0.423 e. The van der Waals surface area contributed by atoms with Gasteiger partial charge in [0.2, 0.25) is 9.84 Å². The lowest BCUT2D eigenvalue weighted by Crippen LogP contribution is -2.30. The molecule has 0 saturated heterocycles. The monoisotopic (exact) mass is 423 g/mol. The van der Waals surface area contributed by atoms with E-state index in [1.165, 1.54) is 47.8 Å². The molecule has 0 fully saturated rings. The van der Waals surface area contributed by atoms with Crippen LogP contribution >= 0.6 is 11.3 Å². The summed E-state index contributed by atoms with van der Waals surface area (Å²) in [6.07, 6.45) is 0. The van der Waals surface area contributed by atoms with E-state index in [1.54, 1.807) is 18.2 Å². The first-order valence-electron chi connectivity index (χ1n) is 7.58. The highest BCUT2D eigenvalue weighted by Crippen LogP contribution is 2.32. The van der Waals surface area contributed by atoms with Crippen LogP contribution in [0, 0.1) is 0 Å². The molecule has 0 aliphatic carbocycles. The van der Waals surface area contributed by atoms with Crippen LogP contribution in [-0.2, 0) is 19.9 Å². The van der Waals surface area contributed by atoms with Crippen LogP contribution in [0.25, 0.3) is 0 Å². The minimum atomic E-state index is -4.21. The normalized spacial score (nSPS) is 11.9. The second kappa shape index (κ2) is 7.45. The SMILES string of the molecule is O=S(=O)(Nc1cccc(B(O)O)c1)c1sccc1S(=O)(=O)c1ccccc1. The molecular weight excluding hydrogens is 409 g/mol. The Morgan fingerprint density at radius 2 is 1.59 bits per heavy atom. The molecule has 1 aromatic heterocycles. The second-order valence-corrected chi connectivity index (χ2v) is 10.2. The van der Waals surface area contributed by atoms with Crippen LogP contribution in [0.1, 0.15) is 0 Å². The zero-order valence-electron chi connectivity index (χ0n) is 13.7. The van der Waals surface area contributed by atoms with Gasteiger partial charge in [-0.2, -0.15) is 0 Å². The summed E-state index contributed by atoms with van der Waals surface area (Å²) in [5, 5.41) is 19.8. The molecule has 0 amide bonds. The van der Waals surface area contributed by atoms with Crippen molar-refractivity contribution in [1.29, 1.82) is 0 Å². The fourth-order valence-corrected chi connectivity index (χ4v) is 7.00. The third kappa shape index (κ3) is 4.07. The first-order chi connectivity index (χ1) is 12.7. The lowest BCUT2D eigenvalue weighted by atomic mass is 9.80. The van der Waals surface area contributed by atoms with Crippen molar-refractivity contribution < 1.29 is 26.9 Å². The predicted octanol–water partition coefficient (Wildman–Crippen LogP) is 1.06. The molecule has 0 aliphatic rings. The van der Waals surface area contributed by atoms with Gasteiger partial charge in [-0.05, 0) is 41.2 Å². The zero-order chi connectivity index (χ0) is 19.7. The van der Waals surface area contributed by atoms with Crippen molar-refractivity contribution in [3.05, 3.63) is 66.0 Å². The van der Waals surface area contributed by atoms with Gasteiger partial charge in [-0.1, -0.05) is 30.3 Å². The molecule has 0 unspecified atom stereocenters. The van der Waals surface area contributed by atoms with Gasteiger partial charge < -0.3 is 10.0 Å². The Balaban J connectivity index is 2.01. The quantitative estimate of drug-likeness (QED) is 0.510. The summed E-state index contributed by atoms with van der Waals surface area (Å²) in [6.45, 7) is 0. The van der Waals surface area contributed by atoms with Crippen LogP contribution < -0.4 is 10.2 Å². The molecule has 0 saturated carbocycles. The van der Waals surface area contributed by atoms with E-state index in [4.69, 9.17) is 0 Å². The molecule has 7 nitrogen and oxygen atoms in total. The van der Waals surface area contributed by atoms with E-state index in [-0.39, 0.29) is 25.2 Å². The van der Waals surface area contributed by atoms with E-state index >= 15 is 0 Å². The largest absolute Gasteiger partial charge is 0.488 e. The second-order valence-electron chi connectivity index (χ2n) is 5.49. The summed E-state index contributed by atoms with van der Waals surface area (Å²) in [6, 6.07) is 14.3. The first-order valence-corrected chi connectivity index (χ1v) is 11.4. The molecule has 27 heavy (non-hydrogen) atoms. The Morgan fingerprint density at radius 3 is 2.26 bits per heavy atom. The maximum absolute atomic E-state index is 12.8. The third-order valence-electron chi connectivity index (χ3n) is 3.62. The predicted molar refractivity (Wildman–Crippen MR) is 103 cm³/mol. The molecule has 3 aromatic rings. The molecule has 0 bridgehead atoms. The Morgan fingerprint density at radius 1 is 0.889 bits per heavy atom. The van der Waals surface area contributed by atoms with E-state index in [2.05, 4.69) is 4.72 Å². The summed E-state index contributed by atoms with van der Waals surface area (Å²) < 4.78 is 53.0. The average molecular weight is 423 g/mol. The Kier molecular flexibility index (Phi) is 5.40. The molecule has 1 heterocycles. The summed E-state index contributed by atoms with van der Waals surface area (Å²) in [5.74, 6) is 0. The molecule has 0 spiro atoms. The van der Waals surface area contributed by atoms with E-state index in [9.17, 15) is 26.9 Å². The van der Waals surface area contributed by atoms with Gasteiger partial charge in [-0.15, -0.1) is 11.3 Å². The number of anilines is 1. The fraction of sp³-hybridized carbons (Fsp3) is 0. The van der Waals surface area contributed by atoms with Gasteiger partial charge in [0.25, 0.3) is 10.0 Å². The van der Waals surface area contributed by atoms with E-state index in [1.807, 2.05) is 0 Å². The van der Waals surface area contributed by atoms with E-state index < -0.39 is 27.0 Å². The number of sulfonamides is 1. The Hall–Kier alpha value is -2.18. The summed E-state index contributed by atoms with van der Waals surface area (Å²) in [7, 11) is -9.98. The van der Waals surface area contributed by atoms with Crippen molar-refractivity contribution in [2.24, 2.45) is 0 Å². The molecule has 3 N–H and O–H groups in total. The lowest BCUT2D eigenvalue weighted by molar-refractivity contribution is 0.426. The molecule has 0 radical (unpaired) electrons. The molecule has 0 aliphatic heterocycles. The zero-order valence-corrected chi connectivity index (χ0v) is 16.1. The summed E-state index contributed by atoms with van der Waals surface area (Å²) >= 11 is 0.779. The highest BCUT2D eigenvalue weighted by atomic mass is 32.2. The lowest BCUT2D eigenvalue weighted by Gasteiger charge is -2.10. The molecule has 2 aromatic carbocycles. The Labute approximate surface area is 161 Å². The maximum atomic E-state index is 12.8. The molecular formula is C16H14BNO6S3. The smallest absolute Gasteiger partial charge is 0.423 e. The van der Waals surface area contributed by atoms with Crippen molar-refractivity contribution >= 4 is 49.5 Å². The van der Waals surface area contributed by atoms with Gasteiger partial charge in [-0.3, -0.25) is 4.72 Å². The molecule has 3 rings (SSSR count). The maximum Gasteiger partial charge on any atom is 0.488 e. The van der Waals surface area contributed by atoms with Crippen LogP contribution in [0.2, 0.25) is 0 Å². The topological polar surface area (TPSA) is 121 Å². The van der Waals surface area contributed by atoms with Gasteiger partial charge >= 0.3 is 7.12 Å². The van der Waals surface area contributed by atoms with Crippen molar-refractivity contribution in [2.75, 3.05) is 4.72 Å². The van der Waals surface area contributed by atoms with Gasteiger partial charge in [0.05, 0.1) is 4.90 Å². The van der Waals surface area contributed by atoms with Crippen molar-refractivity contribution in [1.82, 2.24) is 0 Å². The Bertz CT molecular complexity index is 1160. The van der Waals surface area contributed by atoms with E-state index in [0.717, 1.165) is 11.3 Å². The summed E-state index contributed by atoms with van der Waals surface area (Å²) in [5.41, 5.74) is 0.176. The molecule has 11 heteroatoms. The fourth-order valence-electron chi connectivity index (χ4n) is 2.37. The number of hydrogen-bond acceptors (Lipinski definition) is 7. The number of benzene rings is 2. The number of nitrogens with one attached hydrogen (secondary N) is 1. The van der Waals surface area contributed by atoms with Gasteiger partial charge in [0, 0.05) is 5.69 Å². The standard InChI is InChI=1S/C16H14BNO6S3/c19-17(20)12-5-4-6-13(11-12)18-27(23,24)16-15(9-10-25-16)26(21,22)14-7-2-1-3-8-14/h1-11,18-20H. The summed E-state index contributed by atoms with van der Waals surface area (Å²) in [4.78, 5) is -0.324. The van der Waals surface area contributed by atoms with Gasteiger partial charge in [-0.25, -0.2) is 16.8 Å². The van der Waals surface area contributed by atoms with Crippen molar-refractivity contribution in [2.45, 2.75) is 14.0 Å². The van der Waals surface area contributed by atoms with E-state index in [0.29, 0.717) is 0 Å². The van der Waals surface area contributed by atoms with Crippen LogP contribution in [0.3, 0.4) is 0 Å². The number of hydrogen-bond donors (Lipinski definition) is 3. The van der Waals surface area contributed by atoms with Crippen molar-refractivity contribution in [3.8, 4) is 0 Å². The van der Waals surface area contributed by atoms with Crippen LogP contribution in [0.15, 0.2) is 80.0 Å². The van der Waals surface area contributed by atoms with Crippen molar-refractivity contribution in [3.63, 3.8) is 0 Å². The van der Waals surface area contributed by atoms with Crippen LogP contribution in [-0.4, -0.2) is 34.0 Å². The molecule has 140 valence electrons.